The van der Waals surface area contributed by atoms with Crippen LogP contribution in [0.1, 0.15) is 58.3 Å². The molecular formula is C53H69N2O14+. The van der Waals surface area contributed by atoms with E-state index in [4.69, 9.17) is 56.8 Å². The van der Waals surface area contributed by atoms with Gasteiger partial charge in [0.1, 0.15) is 6.04 Å². The van der Waals surface area contributed by atoms with Crippen molar-refractivity contribution in [3.63, 3.8) is 0 Å². The summed E-state index contributed by atoms with van der Waals surface area (Å²) in [7, 11) is 18.4. The van der Waals surface area contributed by atoms with Crippen molar-refractivity contribution in [2.24, 2.45) is 0 Å². The number of methoxy groups -OCH3 is 10. The summed E-state index contributed by atoms with van der Waals surface area (Å²) in [6, 6.07) is 16.1. The minimum atomic E-state index is -0.617. The number of benzene rings is 4. The van der Waals surface area contributed by atoms with E-state index in [-0.39, 0.29) is 25.3 Å². The Morgan fingerprint density at radius 2 is 0.971 bits per heavy atom. The van der Waals surface area contributed by atoms with Gasteiger partial charge in [-0.05, 0) is 95.6 Å². The van der Waals surface area contributed by atoms with Crippen LogP contribution in [0.4, 0.5) is 0 Å². The molecule has 0 saturated carbocycles. The lowest BCUT2D eigenvalue weighted by molar-refractivity contribution is -0.941. The monoisotopic (exact) mass is 957 g/mol. The molecule has 0 fully saturated rings. The number of fused-ring (bicyclic) bond motifs is 2. The van der Waals surface area contributed by atoms with Gasteiger partial charge < -0.3 is 61.3 Å². The van der Waals surface area contributed by atoms with Crippen molar-refractivity contribution >= 4 is 11.9 Å². The molecule has 0 N–H and O–H groups in total. The second-order valence-corrected chi connectivity index (χ2v) is 17.2. The first-order valence-corrected chi connectivity index (χ1v) is 23.1. The second kappa shape index (κ2) is 24.2. The van der Waals surface area contributed by atoms with E-state index in [1.165, 1.54) is 11.1 Å². The van der Waals surface area contributed by atoms with E-state index >= 15 is 0 Å². The van der Waals surface area contributed by atoms with E-state index in [1.807, 2.05) is 30.3 Å². The fourth-order valence-corrected chi connectivity index (χ4v) is 9.74. The zero-order chi connectivity index (χ0) is 49.7. The molecule has 3 atom stereocenters. The maximum Gasteiger partial charge on any atom is 0.331 e. The Kier molecular flexibility index (Phi) is 18.2. The minimum Gasteiger partial charge on any atom is -0.493 e. The molecule has 69 heavy (non-hydrogen) atoms. The first-order valence-electron chi connectivity index (χ1n) is 23.1. The Morgan fingerprint density at radius 3 is 1.45 bits per heavy atom. The highest BCUT2D eigenvalue weighted by Crippen LogP contribution is 2.46. The number of carbonyl (C=O) groups is 2. The molecule has 0 unspecified atom stereocenters. The smallest absolute Gasteiger partial charge is 0.331 e. The highest BCUT2D eigenvalue weighted by atomic mass is 16.6. The van der Waals surface area contributed by atoms with E-state index in [1.54, 1.807) is 71.1 Å². The number of nitrogens with zero attached hydrogens (tertiary/aromatic N) is 2. The molecule has 0 amide bonds. The van der Waals surface area contributed by atoms with Crippen molar-refractivity contribution in [2.45, 2.75) is 50.6 Å². The molecule has 374 valence electrons. The predicted molar refractivity (Wildman–Crippen MR) is 259 cm³/mol. The van der Waals surface area contributed by atoms with Crippen molar-refractivity contribution in [1.82, 2.24) is 4.90 Å². The van der Waals surface area contributed by atoms with Crippen molar-refractivity contribution in [1.29, 1.82) is 0 Å². The van der Waals surface area contributed by atoms with Crippen LogP contribution in [0.2, 0.25) is 0 Å². The number of esters is 2. The van der Waals surface area contributed by atoms with Gasteiger partial charge in [-0.25, -0.2) is 9.59 Å². The molecule has 16 nitrogen and oxygen atoms in total. The summed E-state index contributed by atoms with van der Waals surface area (Å²) >= 11 is 0. The lowest BCUT2D eigenvalue weighted by Gasteiger charge is -2.46. The van der Waals surface area contributed by atoms with Crippen molar-refractivity contribution < 1.29 is 70.9 Å². The van der Waals surface area contributed by atoms with Crippen LogP contribution in [-0.4, -0.2) is 139 Å². The van der Waals surface area contributed by atoms with Gasteiger partial charge in [-0.2, -0.15) is 0 Å². The first kappa shape index (κ1) is 51.9. The van der Waals surface area contributed by atoms with Crippen LogP contribution in [0.15, 0.2) is 60.7 Å². The van der Waals surface area contributed by atoms with Crippen LogP contribution in [0.5, 0.6) is 57.5 Å². The van der Waals surface area contributed by atoms with E-state index < -0.39 is 11.9 Å². The van der Waals surface area contributed by atoms with Gasteiger partial charge in [0, 0.05) is 56.1 Å². The van der Waals surface area contributed by atoms with Gasteiger partial charge in [-0.15, -0.1) is 0 Å². The Balaban J connectivity index is 1.05. The molecule has 4 aromatic rings. The number of hydrogen-bond donors (Lipinski definition) is 0. The van der Waals surface area contributed by atoms with Crippen molar-refractivity contribution in [2.75, 3.05) is 118 Å². The molecule has 4 aromatic carbocycles. The molecule has 2 heterocycles. The van der Waals surface area contributed by atoms with E-state index in [0.717, 1.165) is 66.9 Å². The second-order valence-electron chi connectivity index (χ2n) is 17.2. The number of likely N-dealkylation sites (N-methyl/N-ethyl adjacent to an activating group) is 1. The molecule has 0 aromatic heterocycles. The zero-order valence-corrected chi connectivity index (χ0v) is 42.0. The Hall–Kier alpha value is -6.52. The standard InChI is InChI=1S/C53H69N2O14/c1-55(21-17-37-31-43(59-3)45(61-5)33-39(37)41(55)25-35-28-48(64-8)53(67-11)49(29-35)65-9)20-13-23-69-51(57)15-14-50(56)68-22-12-18-54-19-16-36-30-42(58-2)44(60-4)32-38(36)40(54)24-34-26-46(62-6)52(66-10)47(27-34)63-7/h14-15,26-33,40-41H,12-13,16-25H2,1-11H3/q+1/b15-14+/t40-,41-,55-/m1/s1. The van der Waals surface area contributed by atoms with Crippen LogP contribution < -0.4 is 47.4 Å². The molecule has 0 radical (unpaired) electrons. The highest BCUT2D eigenvalue weighted by Gasteiger charge is 2.40. The summed E-state index contributed by atoms with van der Waals surface area (Å²) in [5.41, 5.74) is 6.67. The van der Waals surface area contributed by atoms with E-state index in [9.17, 15) is 9.59 Å². The Morgan fingerprint density at radius 1 is 0.536 bits per heavy atom. The molecule has 0 aliphatic carbocycles. The van der Waals surface area contributed by atoms with Crippen LogP contribution in [0.3, 0.4) is 0 Å². The van der Waals surface area contributed by atoms with Gasteiger partial charge in [-0.3, -0.25) is 4.90 Å². The summed E-state index contributed by atoms with van der Waals surface area (Å²) in [6.07, 6.45) is 6.34. The third-order valence-electron chi connectivity index (χ3n) is 13.3. The lowest BCUT2D eigenvalue weighted by atomic mass is 9.86. The Bertz CT molecular complexity index is 2390. The van der Waals surface area contributed by atoms with Gasteiger partial charge in [-0.1, -0.05) is 0 Å². The average molecular weight is 958 g/mol. The van der Waals surface area contributed by atoms with Crippen LogP contribution in [0, 0.1) is 0 Å². The number of carbonyl (C=O) groups excluding carboxylic acids is 2. The van der Waals surface area contributed by atoms with Gasteiger partial charge in [0.25, 0.3) is 0 Å². The van der Waals surface area contributed by atoms with Crippen molar-refractivity contribution in [3.05, 3.63) is 94.1 Å². The summed E-state index contributed by atoms with van der Waals surface area (Å²) in [6.45, 7) is 3.34. The summed E-state index contributed by atoms with van der Waals surface area (Å²) in [5, 5.41) is 0. The third kappa shape index (κ3) is 12.0. The molecule has 16 heteroatoms. The molecular weight excluding hydrogens is 889 g/mol. The van der Waals surface area contributed by atoms with Gasteiger partial charge in [0.05, 0.1) is 104 Å². The maximum atomic E-state index is 12.8. The fraction of sp³-hybridized carbons (Fsp3) is 0.472. The van der Waals surface area contributed by atoms with E-state index in [2.05, 4.69) is 30.1 Å². The molecule has 2 aliphatic rings. The highest BCUT2D eigenvalue weighted by molar-refractivity contribution is 5.91. The third-order valence-corrected chi connectivity index (χ3v) is 13.3. The number of hydrogen-bond acceptors (Lipinski definition) is 15. The topological polar surface area (TPSA) is 148 Å². The molecule has 0 spiro atoms. The first-order chi connectivity index (χ1) is 33.4. The van der Waals surface area contributed by atoms with Crippen LogP contribution >= 0.6 is 0 Å². The van der Waals surface area contributed by atoms with Gasteiger partial charge >= 0.3 is 11.9 Å². The number of ether oxygens (including phenoxy) is 12. The largest absolute Gasteiger partial charge is 0.493 e. The maximum absolute atomic E-state index is 12.8. The predicted octanol–water partition coefficient (Wildman–Crippen LogP) is 7.32. The number of quaternary nitrogens is 1. The summed E-state index contributed by atoms with van der Waals surface area (Å²) < 4.78 is 68.5. The molecule has 2 aliphatic heterocycles. The quantitative estimate of drug-likeness (QED) is 0.0299. The average Bonchev–Trinajstić information content (AvgIpc) is 3.37. The fourth-order valence-electron chi connectivity index (χ4n) is 9.74. The molecule has 6 rings (SSSR count). The van der Waals surface area contributed by atoms with Crippen LogP contribution in [-0.2, 0) is 44.7 Å². The Labute approximate surface area is 406 Å². The van der Waals surface area contributed by atoms with E-state index in [0.29, 0.717) is 94.2 Å². The normalized spacial score (nSPS) is 17.5. The zero-order valence-electron chi connectivity index (χ0n) is 42.0. The number of rotatable bonds is 24. The van der Waals surface area contributed by atoms with Crippen molar-refractivity contribution in [3.8, 4) is 57.5 Å². The van der Waals surface area contributed by atoms with Gasteiger partial charge in [0.15, 0.2) is 46.0 Å². The SMILES string of the molecule is COc1cc2c(cc1OC)[C@@H](Cc1cc(OC)c(OC)c(OC)c1)N(CCCOC(=O)/C=C/C(=O)OCCC[N@+]1(C)CCc3cc(OC)c(OC)cc3[C@H]1Cc1cc(OC)c(OC)c(OC)c1)CC2. The lowest BCUT2D eigenvalue weighted by Crippen LogP contribution is -2.52. The summed E-state index contributed by atoms with van der Waals surface area (Å²) in [5.74, 6) is 4.83. The summed E-state index contributed by atoms with van der Waals surface area (Å²) in [4.78, 5) is 28.0. The van der Waals surface area contributed by atoms with Gasteiger partial charge in [0.2, 0.25) is 11.5 Å². The molecule has 0 bridgehead atoms. The minimum absolute atomic E-state index is 0.00709. The van der Waals surface area contributed by atoms with Crippen LogP contribution in [0.25, 0.3) is 0 Å². The molecule has 0 saturated heterocycles.